The van der Waals surface area contributed by atoms with E-state index in [-0.39, 0.29) is 30.6 Å². The van der Waals surface area contributed by atoms with Crippen molar-refractivity contribution in [3.05, 3.63) is 23.8 Å². The highest BCUT2D eigenvalue weighted by atomic mass is 35.5. The third-order valence-corrected chi connectivity index (χ3v) is 5.82. The summed E-state index contributed by atoms with van der Waals surface area (Å²) in [5.74, 6) is 1.32. The first-order chi connectivity index (χ1) is 13.6. The second-order valence-electron chi connectivity index (χ2n) is 7.72. The maximum atomic E-state index is 11.2. The number of hydrogen-bond acceptors (Lipinski definition) is 6. The summed E-state index contributed by atoms with van der Waals surface area (Å²) in [6.07, 6.45) is 6.79. The average Bonchev–Trinajstić information content (AvgIpc) is 3.15. The molecular formula is C22H34ClNO5. The van der Waals surface area contributed by atoms with Gasteiger partial charge in [-0.2, -0.15) is 0 Å². The van der Waals surface area contributed by atoms with Crippen LogP contribution in [0, 0.1) is 0 Å². The van der Waals surface area contributed by atoms with Gasteiger partial charge < -0.3 is 18.9 Å². The van der Waals surface area contributed by atoms with Crippen LogP contribution in [0.5, 0.6) is 11.5 Å². The van der Waals surface area contributed by atoms with E-state index < -0.39 is 0 Å². The van der Waals surface area contributed by atoms with Crippen LogP contribution in [-0.2, 0) is 20.7 Å². The average molecular weight is 428 g/mol. The molecule has 1 saturated carbocycles. The fourth-order valence-electron chi connectivity index (χ4n) is 4.44. The van der Waals surface area contributed by atoms with E-state index in [1.54, 1.807) is 14.2 Å². The van der Waals surface area contributed by atoms with Gasteiger partial charge in [-0.15, -0.1) is 12.4 Å². The van der Waals surface area contributed by atoms with E-state index in [9.17, 15) is 4.79 Å². The monoisotopic (exact) mass is 427 g/mol. The number of carbonyl (C=O) groups is 1. The number of carbonyl (C=O) groups excluding carboxylic acids is 1. The summed E-state index contributed by atoms with van der Waals surface area (Å²) < 4.78 is 22.4. The molecule has 3 atom stereocenters. The number of likely N-dealkylation sites (tertiary alicyclic amines) is 1. The fraction of sp³-hybridized carbons (Fsp3) is 0.682. The van der Waals surface area contributed by atoms with Crippen molar-refractivity contribution in [3.63, 3.8) is 0 Å². The van der Waals surface area contributed by atoms with E-state index in [0.717, 1.165) is 50.3 Å². The Morgan fingerprint density at radius 1 is 1.10 bits per heavy atom. The summed E-state index contributed by atoms with van der Waals surface area (Å²) in [7, 11) is 3.30. The third-order valence-electron chi connectivity index (χ3n) is 5.82. The molecule has 0 bridgehead atoms. The molecule has 1 heterocycles. The van der Waals surface area contributed by atoms with Crippen molar-refractivity contribution in [2.75, 3.05) is 33.9 Å². The van der Waals surface area contributed by atoms with Crippen LogP contribution in [0.15, 0.2) is 18.2 Å². The lowest BCUT2D eigenvalue weighted by molar-refractivity contribution is -0.145. The fourth-order valence-corrected chi connectivity index (χ4v) is 4.44. The molecule has 2 fully saturated rings. The number of rotatable bonds is 8. The molecule has 0 N–H and O–H groups in total. The standard InChI is InChI=1S/C22H33NO5.ClH/c1-16(24)28-18-10-12-23(15-18)19-6-4-5-7-20(19)27-13-11-17-8-9-21(25-2)22(14-17)26-3;/h8-9,14,18-20H,4-7,10-13,15H2,1-3H3;1H/t18-,19?,20?;/m0./s1. The van der Waals surface area contributed by atoms with Crippen LogP contribution in [-0.4, -0.2) is 63.0 Å². The predicted molar refractivity (Wildman–Crippen MR) is 114 cm³/mol. The highest BCUT2D eigenvalue weighted by molar-refractivity contribution is 5.85. The van der Waals surface area contributed by atoms with Crippen LogP contribution in [0.4, 0.5) is 0 Å². The van der Waals surface area contributed by atoms with Crippen LogP contribution >= 0.6 is 12.4 Å². The van der Waals surface area contributed by atoms with Gasteiger partial charge in [-0.05, 0) is 43.4 Å². The summed E-state index contributed by atoms with van der Waals surface area (Å²) in [5.41, 5.74) is 1.18. The van der Waals surface area contributed by atoms with Gasteiger partial charge in [0.15, 0.2) is 11.5 Å². The van der Waals surface area contributed by atoms with E-state index in [2.05, 4.69) is 11.0 Å². The molecular weight excluding hydrogens is 394 g/mol. The summed E-state index contributed by atoms with van der Waals surface area (Å²) in [4.78, 5) is 13.7. The molecule has 1 aromatic rings. The molecule has 2 aliphatic rings. The van der Waals surface area contributed by atoms with Crippen molar-refractivity contribution in [2.24, 2.45) is 0 Å². The van der Waals surface area contributed by atoms with Gasteiger partial charge in [-0.25, -0.2) is 0 Å². The number of hydrogen-bond donors (Lipinski definition) is 0. The SMILES string of the molecule is COc1ccc(CCOC2CCCCC2N2CC[C@H](OC(C)=O)C2)cc1OC.Cl. The van der Waals surface area contributed by atoms with Crippen LogP contribution in [0.2, 0.25) is 0 Å². The van der Waals surface area contributed by atoms with Gasteiger partial charge in [-0.3, -0.25) is 9.69 Å². The Kier molecular flexibility index (Phi) is 9.53. The summed E-state index contributed by atoms with van der Waals surface area (Å²) in [6.45, 7) is 4.00. The van der Waals surface area contributed by atoms with Gasteiger partial charge in [0, 0.05) is 26.1 Å². The maximum absolute atomic E-state index is 11.2. The first-order valence-corrected chi connectivity index (χ1v) is 10.3. The zero-order valence-electron chi connectivity index (χ0n) is 17.7. The molecule has 164 valence electrons. The van der Waals surface area contributed by atoms with Crippen LogP contribution in [0.1, 0.15) is 44.6 Å². The molecule has 2 unspecified atom stereocenters. The van der Waals surface area contributed by atoms with Crippen molar-refractivity contribution < 1.29 is 23.7 Å². The highest BCUT2D eigenvalue weighted by Crippen LogP contribution is 2.30. The molecule has 1 aromatic carbocycles. The Balaban J connectivity index is 0.00000300. The van der Waals surface area contributed by atoms with E-state index >= 15 is 0 Å². The first kappa shape index (κ1) is 23.8. The molecule has 1 aliphatic carbocycles. The molecule has 7 heteroatoms. The second kappa shape index (κ2) is 11.6. The number of ether oxygens (including phenoxy) is 4. The number of benzene rings is 1. The lowest BCUT2D eigenvalue weighted by Crippen LogP contribution is -2.46. The summed E-state index contributed by atoms with van der Waals surface area (Å²) in [5, 5.41) is 0. The van der Waals surface area contributed by atoms with Gasteiger partial charge in [-0.1, -0.05) is 18.9 Å². The maximum Gasteiger partial charge on any atom is 0.302 e. The lowest BCUT2D eigenvalue weighted by atomic mass is 9.91. The minimum atomic E-state index is -0.182. The normalized spacial score (nSPS) is 24.6. The molecule has 0 amide bonds. The third kappa shape index (κ3) is 6.49. The number of halogens is 1. The molecule has 1 aliphatic heterocycles. The first-order valence-electron chi connectivity index (χ1n) is 10.3. The van der Waals surface area contributed by atoms with Crippen molar-refractivity contribution in [2.45, 2.75) is 63.7 Å². The molecule has 6 nitrogen and oxygen atoms in total. The Bertz CT molecular complexity index is 656. The van der Waals surface area contributed by atoms with Crippen molar-refractivity contribution in [3.8, 4) is 11.5 Å². The van der Waals surface area contributed by atoms with Gasteiger partial charge in [0.2, 0.25) is 0 Å². The molecule has 0 radical (unpaired) electrons. The molecule has 1 saturated heterocycles. The summed E-state index contributed by atoms with van der Waals surface area (Å²) >= 11 is 0. The molecule has 3 rings (SSSR count). The van der Waals surface area contributed by atoms with Crippen LogP contribution < -0.4 is 9.47 Å². The number of nitrogens with zero attached hydrogens (tertiary/aromatic N) is 1. The largest absolute Gasteiger partial charge is 0.493 e. The summed E-state index contributed by atoms with van der Waals surface area (Å²) in [6, 6.07) is 6.45. The van der Waals surface area contributed by atoms with Gasteiger partial charge >= 0.3 is 5.97 Å². The predicted octanol–water partition coefficient (Wildman–Crippen LogP) is 3.63. The van der Waals surface area contributed by atoms with Crippen LogP contribution in [0.25, 0.3) is 0 Å². The van der Waals surface area contributed by atoms with Crippen molar-refractivity contribution in [1.29, 1.82) is 0 Å². The van der Waals surface area contributed by atoms with E-state index in [4.69, 9.17) is 18.9 Å². The smallest absolute Gasteiger partial charge is 0.302 e. The Hall–Kier alpha value is -1.50. The van der Waals surface area contributed by atoms with E-state index in [0.29, 0.717) is 12.6 Å². The van der Waals surface area contributed by atoms with Crippen molar-refractivity contribution >= 4 is 18.4 Å². The van der Waals surface area contributed by atoms with Crippen molar-refractivity contribution in [1.82, 2.24) is 4.90 Å². The van der Waals surface area contributed by atoms with Gasteiger partial charge in [0.25, 0.3) is 0 Å². The highest BCUT2D eigenvalue weighted by Gasteiger charge is 2.36. The van der Waals surface area contributed by atoms with E-state index in [1.165, 1.54) is 25.3 Å². The Morgan fingerprint density at radius 3 is 2.59 bits per heavy atom. The van der Waals surface area contributed by atoms with Gasteiger partial charge in [0.1, 0.15) is 6.10 Å². The number of esters is 1. The molecule has 29 heavy (non-hydrogen) atoms. The minimum Gasteiger partial charge on any atom is -0.493 e. The topological polar surface area (TPSA) is 57.2 Å². The zero-order chi connectivity index (χ0) is 19.9. The zero-order valence-corrected chi connectivity index (χ0v) is 18.5. The van der Waals surface area contributed by atoms with Gasteiger partial charge in [0.05, 0.1) is 26.9 Å². The second-order valence-corrected chi connectivity index (χ2v) is 7.72. The number of methoxy groups -OCH3 is 2. The lowest BCUT2D eigenvalue weighted by Gasteiger charge is -2.37. The Morgan fingerprint density at radius 2 is 1.86 bits per heavy atom. The van der Waals surface area contributed by atoms with Crippen LogP contribution in [0.3, 0.4) is 0 Å². The molecule has 0 aromatic heterocycles. The Labute approximate surface area is 180 Å². The minimum absolute atomic E-state index is 0. The quantitative estimate of drug-likeness (QED) is 0.590. The van der Waals surface area contributed by atoms with E-state index in [1.807, 2.05) is 12.1 Å². The molecule has 0 spiro atoms.